The van der Waals surface area contributed by atoms with Crippen LogP contribution in [-0.4, -0.2) is 74.4 Å². The first-order valence-electron chi connectivity index (χ1n) is 12.6. The minimum atomic E-state index is -3.52. The summed E-state index contributed by atoms with van der Waals surface area (Å²) in [6.45, 7) is 6.24. The van der Waals surface area contributed by atoms with E-state index in [9.17, 15) is 13.2 Å². The van der Waals surface area contributed by atoms with Gasteiger partial charge in [0.15, 0.2) is 5.13 Å². The normalized spacial score (nSPS) is 17.8. The van der Waals surface area contributed by atoms with Crippen LogP contribution in [0.2, 0.25) is 0 Å². The van der Waals surface area contributed by atoms with Gasteiger partial charge in [-0.05, 0) is 56.2 Å². The van der Waals surface area contributed by atoms with Crippen LogP contribution in [0.3, 0.4) is 0 Å². The summed E-state index contributed by atoms with van der Waals surface area (Å²) in [6, 6.07) is 12.4. The number of rotatable bonds is 6. The van der Waals surface area contributed by atoms with Gasteiger partial charge in [0.2, 0.25) is 10.0 Å². The summed E-state index contributed by atoms with van der Waals surface area (Å²) < 4.78 is 34.4. The lowest BCUT2D eigenvalue weighted by Crippen LogP contribution is -2.48. The van der Waals surface area contributed by atoms with Crippen molar-refractivity contribution in [3.05, 3.63) is 48.0 Å². The first-order valence-corrected chi connectivity index (χ1v) is 14.9. The Morgan fingerprint density at radius 2 is 1.64 bits per heavy atom. The number of nitrogens with zero attached hydrogens (tertiary/aromatic N) is 4. The van der Waals surface area contributed by atoms with E-state index in [-0.39, 0.29) is 10.8 Å². The molecule has 0 saturated carbocycles. The summed E-state index contributed by atoms with van der Waals surface area (Å²) in [5, 5.41) is 0.937. The van der Waals surface area contributed by atoms with Crippen molar-refractivity contribution in [2.45, 2.75) is 37.5 Å². The van der Waals surface area contributed by atoms with Gasteiger partial charge in [-0.1, -0.05) is 30.2 Å². The predicted molar refractivity (Wildman–Crippen MR) is 143 cm³/mol. The standard InChI is InChI=1S/C26H32N4O4S2/c1-2-34-22-8-7-9-23-24(22)27-26(35-23)29-18-16-28(17-19-29)25(31)20-10-12-21(13-11-20)36(32,33)30-14-5-3-4-6-15-30/h7-13H,2-6,14-19H2,1H3. The molecule has 2 saturated heterocycles. The molecule has 2 aliphatic rings. The Balaban J connectivity index is 1.23. The van der Waals surface area contributed by atoms with Gasteiger partial charge in [-0.15, -0.1) is 0 Å². The van der Waals surface area contributed by atoms with Crippen LogP contribution < -0.4 is 9.64 Å². The van der Waals surface area contributed by atoms with Crippen molar-refractivity contribution in [2.75, 3.05) is 50.8 Å². The maximum absolute atomic E-state index is 13.1. The molecular formula is C26H32N4O4S2. The molecule has 2 fully saturated rings. The SMILES string of the molecule is CCOc1cccc2sc(N3CCN(C(=O)c4ccc(S(=O)(=O)N5CCCCCC5)cc4)CC3)nc12. The maximum atomic E-state index is 13.1. The Labute approximate surface area is 216 Å². The van der Waals surface area contributed by atoms with Gasteiger partial charge in [0.1, 0.15) is 11.3 Å². The fraction of sp³-hybridized carbons (Fsp3) is 0.462. The molecule has 192 valence electrons. The van der Waals surface area contributed by atoms with Crippen molar-refractivity contribution in [2.24, 2.45) is 0 Å². The van der Waals surface area contributed by atoms with Gasteiger partial charge < -0.3 is 14.5 Å². The van der Waals surface area contributed by atoms with Crippen LogP contribution >= 0.6 is 11.3 Å². The second-order valence-corrected chi connectivity index (χ2v) is 12.1. The largest absolute Gasteiger partial charge is 0.492 e. The van der Waals surface area contributed by atoms with Crippen molar-refractivity contribution in [3.63, 3.8) is 0 Å². The molecule has 2 aliphatic heterocycles. The molecule has 1 aromatic heterocycles. The van der Waals surface area contributed by atoms with Gasteiger partial charge in [-0.3, -0.25) is 4.79 Å². The molecule has 1 amide bonds. The number of carbonyl (C=O) groups excluding carboxylic acids is 1. The number of thiazole rings is 1. The zero-order valence-corrected chi connectivity index (χ0v) is 22.2. The number of sulfonamides is 1. The summed E-state index contributed by atoms with van der Waals surface area (Å²) >= 11 is 1.64. The predicted octanol–water partition coefficient (Wildman–Crippen LogP) is 4.22. The van der Waals surface area contributed by atoms with Crippen molar-refractivity contribution >= 4 is 42.6 Å². The van der Waals surface area contributed by atoms with Gasteiger partial charge in [0, 0.05) is 44.8 Å². The summed E-state index contributed by atoms with van der Waals surface area (Å²) in [6.07, 6.45) is 3.93. The third-order valence-electron chi connectivity index (χ3n) is 6.81. The van der Waals surface area contributed by atoms with Crippen molar-refractivity contribution in [1.29, 1.82) is 0 Å². The summed E-state index contributed by atoms with van der Waals surface area (Å²) in [4.78, 5) is 22.2. The highest BCUT2D eigenvalue weighted by Crippen LogP contribution is 2.34. The van der Waals surface area contributed by atoms with E-state index < -0.39 is 10.0 Å². The van der Waals surface area contributed by atoms with Crippen molar-refractivity contribution in [3.8, 4) is 5.75 Å². The van der Waals surface area contributed by atoms with E-state index in [2.05, 4.69) is 11.0 Å². The van der Waals surface area contributed by atoms with Gasteiger partial charge in [-0.25, -0.2) is 13.4 Å². The molecule has 0 unspecified atom stereocenters. The van der Waals surface area contributed by atoms with Crippen LogP contribution in [0.25, 0.3) is 10.2 Å². The summed E-state index contributed by atoms with van der Waals surface area (Å²) in [7, 11) is -3.52. The number of para-hydroxylation sites is 1. The molecule has 8 nitrogen and oxygen atoms in total. The Kier molecular flexibility index (Phi) is 7.45. The molecule has 0 spiro atoms. The molecule has 5 rings (SSSR count). The molecule has 2 aromatic carbocycles. The van der Waals surface area contributed by atoms with Gasteiger partial charge in [0.05, 0.1) is 16.2 Å². The van der Waals surface area contributed by atoms with Crippen LogP contribution in [-0.2, 0) is 10.0 Å². The Bertz CT molecular complexity index is 1310. The molecule has 0 aliphatic carbocycles. The van der Waals surface area contributed by atoms with E-state index in [1.165, 1.54) is 0 Å². The van der Waals surface area contributed by atoms with Crippen LogP contribution in [0, 0.1) is 0 Å². The number of anilines is 1. The number of fused-ring (bicyclic) bond motifs is 1. The highest BCUT2D eigenvalue weighted by Gasteiger charge is 2.27. The van der Waals surface area contributed by atoms with E-state index >= 15 is 0 Å². The minimum Gasteiger partial charge on any atom is -0.492 e. The Morgan fingerprint density at radius 3 is 2.31 bits per heavy atom. The quantitative estimate of drug-likeness (QED) is 0.476. The van der Waals surface area contributed by atoms with Crippen LogP contribution in [0.4, 0.5) is 5.13 Å². The van der Waals surface area contributed by atoms with E-state index in [4.69, 9.17) is 9.72 Å². The average molecular weight is 529 g/mol. The number of amides is 1. The summed E-state index contributed by atoms with van der Waals surface area (Å²) in [5.41, 5.74) is 1.40. The van der Waals surface area contributed by atoms with Crippen LogP contribution in [0.5, 0.6) is 5.75 Å². The number of benzene rings is 2. The highest BCUT2D eigenvalue weighted by molar-refractivity contribution is 7.89. The first-order chi connectivity index (χ1) is 17.5. The molecule has 3 aromatic rings. The topological polar surface area (TPSA) is 83.0 Å². The zero-order chi connectivity index (χ0) is 25.1. The lowest BCUT2D eigenvalue weighted by molar-refractivity contribution is 0.0746. The average Bonchev–Trinajstić information content (AvgIpc) is 3.15. The Morgan fingerprint density at radius 1 is 0.944 bits per heavy atom. The fourth-order valence-electron chi connectivity index (χ4n) is 4.80. The number of ether oxygens (including phenoxy) is 1. The zero-order valence-electron chi connectivity index (χ0n) is 20.6. The van der Waals surface area contributed by atoms with Crippen LogP contribution in [0.15, 0.2) is 47.4 Å². The second kappa shape index (κ2) is 10.7. The third kappa shape index (κ3) is 5.07. The fourth-order valence-corrected chi connectivity index (χ4v) is 7.35. The Hall–Kier alpha value is -2.69. The molecule has 0 N–H and O–H groups in total. The molecule has 3 heterocycles. The van der Waals surface area contributed by atoms with Gasteiger partial charge in [-0.2, -0.15) is 4.31 Å². The summed E-state index contributed by atoms with van der Waals surface area (Å²) in [5.74, 6) is 0.726. The van der Waals surface area contributed by atoms with Crippen molar-refractivity contribution < 1.29 is 17.9 Å². The molecule has 0 radical (unpaired) electrons. The molecular weight excluding hydrogens is 496 g/mol. The van der Waals surface area contributed by atoms with Gasteiger partial charge >= 0.3 is 0 Å². The number of piperazine rings is 1. The molecule has 0 atom stereocenters. The second-order valence-electron chi connectivity index (χ2n) is 9.15. The number of carbonyl (C=O) groups is 1. The number of aromatic nitrogens is 1. The van der Waals surface area contributed by atoms with E-state index in [0.29, 0.717) is 51.4 Å². The number of hydrogen-bond acceptors (Lipinski definition) is 7. The maximum Gasteiger partial charge on any atom is 0.253 e. The van der Waals surface area contributed by atoms with Crippen LogP contribution in [0.1, 0.15) is 43.0 Å². The van der Waals surface area contributed by atoms with E-state index in [0.717, 1.165) is 46.8 Å². The third-order valence-corrected chi connectivity index (χ3v) is 9.81. The highest BCUT2D eigenvalue weighted by atomic mass is 32.2. The molecule has 10 heteroatoms. The lowest BCUT2D eigenvalue weighted by atomic mass is 10.2. The minimum absolute atomic E-state index is 0.0729. The first kappa shape index (κ1) is 25.0. The van der Waals surface area contributed by atoms with E-state index in [1.807, 2.05) is 24.0 Å². The monoisotopic (exact) mass is 528 g/mol. The lowest BCUT2D eigenvalue weighted by Gasteiger charge is -2.34. The number of hydrogen-bond donors (Lipinski definition) is 0. The van der Waals surface area contributed by atoms with Gasteiger partial charge in [0.25, 0.3) is 5.91 Å². The smallest absolute Gasteiger partial charge is 0.253 e. The molecule has 36 heavy (non-hydrogen) atoms. The van der Waals surface area contributed by atoms with E-state index in [1.54, 1.807) is 39.9 Å². The van der Waals surface area contributed by atoms with Crippen molar-refractivity contribution in [1.82, 2.24) is 14.2 Å². The molecule has 0 bridgehead atoms.